The summed E-state index contributed by atoms with van der Waals surface area (Å²) in [6.07, 6.45) is 2.80. The van der Waals surface area contributed by atoms with E-state index in [1.54, 1.807) is 0 Å². The van der Waals surface area contributed by atoms with E-state index in [1.807, 2.05) is 23.1 Å². The van der Waals surface area contributed by atoms with Crippen molar-refractivity contribution in [3.63, 3.8) is 0 Å². The molecule has 2 fully saturated rings. The quantitative estimate of drug-likeness (QED) is 0.944. The minimum atomic E-state index is 0.240. The minimum Gasteiger partial charge on any atom is -0.342 e. The first kappa shape index (κ1) is 15.4. The fourth-order valence-corrected chi connectivity index (χ4v) is 4.24. The van der Waals surface area contributed by atoms with Gasteiger partial charge in [0.2, 0.25) is 5.91 Å². The van der Waals surface area contributed by atoms with Crippen LogP contribution in [-0.4, -0.2) is 29.9 Å². The topological polar surface area (TPSA) is 46.3 Å². The number of carbonyl (C=O) groups excluding carboxylic acids is 1. The number of fused-ring (bicyclic) bond motifs is 1. The number of rotatable bonds is 3. The highest BCUT2D eigenvalue weighted by Gasteiger charge is 2.42. The van der Waals surface area contributed by atoms with Crippen LogP contribution in [0.5, 0.6) is 0 Å². The lowest BCUT2D eigenvalue weighted by molar-refractivity contribution is -0.129. The Bertz CT molecular complexity index is 710. The van der Waals surface area contributed by atoms with E-state index in [0.29, 0.717) is 18.3 Å². The van der Waals surface area contributed by atoms with E-state index < -0.39 is 0 Å². The van der Waals surface area contributed by atoms with Crippen LogP contribution in [0, 0.1) is 11.8 Å². The van der Waals surface area contributed by atoms with Gasteiger partial charge in [-0.15, -0.1) is 0 Å². The van der Waals surface area contributed by atoms with Gasteiger partial charge in [-0.2, -0.15) is 0 Å². The maximum Gasteiger partial charge on any atom is 0.227 e. The highest BCUT2D eigenvalue weighted by Crippen LogP contribution is 2.37. The monoisotopic (exact) mass is 320 g/mol. The van der Waals surface area contributed by atoms with E-state index in [4.69, 9.17) is 5.73 Å². The van der Waals surface area contributed by atoms with Gasteiger partial charge in [0.1, 0.15) is 0 Å². The van der Waals surface area contributed by atoms with Crippen LogP contribution in [0.3, 0.4) is 0 Å². The minimum absolute atomic E-state index is 0.240. The van der Waals surface area contributed by atoms with Crippen LogP contribution in [0.2, 0.25) is 0 Å². The van der Waals surface area contributed by atoms with Crippen molar-refractivity contribution in [2.75, 3.05) is 13.1 Å². The normalized spacial score (nSPS) is 25.7. The van der Waals surface area contributed by atoms with E-state index in [9.17, 15) is 4.79 Å². The Morgan fingerprint density at radius 1 is 0.958 bits per heavy atom. The summed E-state index contributed by atoms with van der Waals surface area (Å²) in [6.45, 7) is 1.76. The number of nitrogens with zero attached hydrogens (tertiary/aromatic N) is 1. The third kappa shape index (κ3) is 2.96. The van der Waals surface area contributed by atoms with E-state index in [1.165, 1.54) is 17.5 Å². The smallest absolute Gasteiger partial charge is 0.227 e. The zero-order chi connectivity index (χ0) is 16.5. The zero-order valence-corrected chi connectivity index (χ0v) is 13.9. The number of benzene rings is 2. The van der Waals surface area contributed by atoms with Gasteiger partial charge in [-0.25, -0.2) is 0 Å². The molecule has 3 nitrogen and oxygen atoms in total. The lowest BCUT2D eigenvalue weighted by Gasteiger charge is -2.19. The van der Waals surface area contributed by atoms with Gasteiger partial charge in [0.05, 0.1) is 6.42 Å². The van der Waals surface area contributed by atoms with Crippen molar-refractivity contribution in [3.8, 4) is 11.1 Å². The summed E-state index contributed by atoms with van der Waals surface area (Å²) in [5, 5.41) is 0. The van der Waals surface area contributed by atoms with Crippen LogP contribution in [0.1, 0.15) is 18.4 Å². The molecule has 3 heteroatoms. The molecule has 0 bridgehead atoms. The van der Waals surface area contributed by atoms with Gasteiger partial charge in [0.25, 0.3) is 0 Å². The van der Waals surface area contributed by atoms with Crippen LogP contribution in [0.25, 0.3) is 11.1 Å². The predicted molar refractivity (Wildman–Crippen MR) is 96.4 cm³/mol. The molecule has 124 valence electrons. The number of amides is 1. The van der Waals surface area contributed by atoms with Crippen LogP contribution in [0.4, 0.5) is 0 Å². The lowest BCUT2D eigenvalue weighted by Crippen LogP contribution is -2.34. The van der Waals surface area contributed by atoms with Crippen LogP contribution >= 0.6 is 0 Å². The Labute approximate surface area is 143 Å². The SMILES string of the molecule is NC1CCC2CN(C(=O)Cc3ccc(-c4ccccc4)cc3)CC12. The molecule has 1 amide bonds. The van der Waals surface area contributed by atoms with Crippen LogP contribution < -0.4 is 5.73 Å². The summed E-state index contributed by atoms with van der Waals surface area (Å²) in [7, 11) is 0. The van der Waals surface area contributed by atoms with Gasteiger partial charge in [-0.05, 0) is 41.4 Å². The number of carbonyl (C=O) groups is 1. The Kier molecular flexibility index (Phi) is 4.11. The molecule has 2 N–H and O–H groups in total. The van der Waals surface area contributed by atoms with E-state index in [-0.39, 0.29) is 11.9 Å². The lowest BCUT2D eigenvalue weighted by atomic mass is 9.98. The van der Waals surface area contributed by atoms with E-state index in [2.05, 4.69) is 36.4 Å². The largest absolute Gasteiger partial charge is 0.342 e. The van der Waals surface area contributed by atoms with Crippen LogP contribution in [-0.2, 0) is 11.2 Å². The molecule has 2 aromatic rings. The van der Waals surface area contributed by atoms with E-state index in [0.717, 1.165) is 25.1 Å². The molecule has 0 spiro atoms. The Balaban J connectivity index is 1.40. The molecule has 0 radical (unpaired) electrons. The summed E-state index contributed by atoms with van der Waals surface area (Å²) < 4.78 is 0. The molecular formula is C21H24N2O. The number of likely N-dealkylation sites (tertiary alicyclic amines) is 1. The summed E-state index contributed by atoms with van der Waals surface area (Å²) in [5.41, 5.74) is 9.65. The Morgan fingerprint density at radius 3 is 2.38 bits per heavy atom. The van der Waals surface area contributed by atoms with Gasteiger partial charge in [0.15, 0.2) is 0 Å². The van der Waals surface area contributed by atoms with Crippen molar-refractivity contribution in [1.29, 1.82) is 0 Å². The molecule has 2 aromatic carbocycles. The molecule has 1 saturated heterocycles. The first-order valence-electron chi connectivity index (χ1n) is 8.88. The van der Waals surface area contributed by atoms with Crippen molar-refractivity contribution in [1.82, 2.24) is 4.90 Å². The van der Waals surface area contributed by atoms with Gasteiger partial charge >= 0.3 is 0 Å². The molecule has 2 aliphatic rings. The second-order valence-corrected chi connectivity index (χ2v) is 7.20. The number of hydrogen-bond acceptors (Lipinski definition) is 2. The maximum absolute atomic E-state index is 12.6. The summed E-state index contributed by atoms with van der Waals surface area (Å²) in [6, 6.07) is 19.0. The zero-order valence-electron chi connectivity index (χ0n) is 13.9. The third-order valence-electron chi connectivity index (χ3n) is 5.68. The Hall–Kier alpha value is -2.13. The van der Waals surface area contributed by atoms with Crippen LogP contribution in [0.15, 0.2) is 54.6 Å². The fourth-order valence-electron chi connectivity index (χ4n) is 4.24. The van der Waals surface area contributed by atoms with Crippen molar-refractivity contribution in [2.24, 2.45) is 17.6 Å². The molecular weight excluding hydrogens is 296 g/mol. The summed E-state index contributed by atoms with van der Waals surface area (Å²) in [4.78, 5) is 14.6. The standard InChI is InChI=1S/C21H24N2O/c22-20-11-10-18-13-23(14-19(18)20)21(24)12-15-6-8-17(9-7-15)16-4-2-1-3-5-16/h1-9,18-20H,10-14,22H2. The van der Waals surface area contributed by atoms with E-state index >= 15 is 0 Å². The first-order chi connectivity index (χ1) is 11.7. The van der Waals surface area contributed by atoms with Crippen molar-refractivity contribution in [2.45, 2.75) is 25.3 Å². The van der Waals surface area contributed by atoms with Gasteiger partial charge in [0, 0.05) is 19.1 Å². The second kappa shape index (κ2) is 6.40. The highest BCUT2D eigenvalue weighted by atomic mass is 16.2. The number of nitrogens with two attached hydrogens (primary N) is 1. The molecule has 24 heavy (non-hydrogen) atoms. The van der Waals surface area contributed by atoms with Gasteiger partial charge < -0.3 is 10.6 Å². The fraction of sp³-hybridized carbons (Fsp3) is 0.381. The van der Waals surface area contributed by atoms with Crippen molar-refractivity contribution >= 4 is 5.91 Å². The van der Waals surface area contributed by atoms with Crippen molar-refractivity contribution < 1.29 is 4.79 Å². The van der Waals surface area contributed by atoms with Crippen molar-refractivity contribution in [3.05, 3.63) is 60.2 Å². The van der Waals surface area contributed by atoms with Gasteiger partial charge in [-0.1, -0.05) is 54.6 Å². The average molecular weight is 320 g/mol. The summed E-state index contributed by atoms with van der Waals surface area (Å²) >= 11 is 0. The Morgan fingerprint density at radius 2 is 1.67 bits per heavy atom. The molecule has 1 heterocycles. The predicted octanol–water partition coefficient (Wildman–Crippen LogP) is 3.09. The summed E-state index contributed by atoms with van der Waals surface area (Å²) in [5.74, 6) is 1.39. The molecule has 1 aliphatic heterocycles. The maximum atomic E-state index is 12.6. The molecule has 3 atom stereocenters. The molecule has 3 unspecified atom stereocenters. The van der Waals surface area contributed by atoms with Gasteiger partial charge in [-0.3, -0.25) is 4.79 Å². The highest BCUT2D eigenvalue weighted by molar-refractivity contribution is 5.79. The molecule has 1 saturated carbocycles. The second-order valence-electron chi connectivity index (χ2n) is 7.20. The average Bonchev–Trinajstić information content (AvgIpc) is 3.19. The molecule has 1 aliphatic carbocycles. The molecule has 0 aromatic heterocycles. The molecule has 4 rings (SSSR count). The first-order valence-corrected chi connectivity index (χ1v) is 8.88. The third-order valence-corrected chi connectivity index (χ3v) is 5.68. The number of hydrogen-bond donors (Lipinski definition) is 1.